The predicted octanol–water partition coefficient (Wildman–Crippen LogP) is 14.8. The highest BCUT2D eigenvalue weighted by atomic mass is 35.5. The Morgan fingerprint density at radius 1 is 0.468 bits per heavy atom. The normalized spacial score (nSPS) is 26.4. The Morgan fingerprint density at radius 2 is 0.802 bits per heavy atom. The van der Waals surface area contributed by atoms with E-state index in [4.69, 9.17) is 11.6 Å². The van der Waals surface area contributed by atoms with Gasteiger partial charge in [0.25, 0.3) is 0 Å². The SMILES string of the molecule is CCCN1CCN(CCN(C(=O)Nc2ccc(F)c(C(F)(F)F)c2)[C@@H]2CC[C@]3(c4cccc(C#N)c4)C[C@H]23)CC1.N#Cc1cccc([C@@]23CCC(N(CCN4CC[C@@H](O)C4)C(=O)Nc4ccc(F)c(C(F)(F)F)c4)[C@@H]2C3)c1.N#Cc1cccc([C@]23CC[C@@H](N(CCN4CC[C@@H](O)C4)C(=O)Nc4ccc(F)c(Cl)c4)[C@H]2C3)c1. The van der Waals surface area contributed by atoms with Crippen molar-refractivity contribution in [2.45, 2.75) is 143 Å². The van der Waals surface area contributed by atoms with E-state index in [9.17, 15) is 79.9 Å². The number of carbonyl (C=O) groups is 3. The Labute approximate surface area is 645 Å². The van der Waals surface area contributed by atoms with Crippen LogP contribution < -0.4 is 16.0 Å². The number of benzene rings is 6. The molecule has 6 aromatic carbocycles. The summed E-state index contributed by atoms with van der Waals surface area (Å²) in [7, 11) is 0. The Morgan fingerprint density at radius 3 is 1.11 bits per heavy atom. The van der Waals surface area contributed by atoms with Gasteiger partial charge in [-0.05, 0) is 209 Å². The highest BCUT2D eigenvalue weighted by Crippen LogP contribution is 2.68. The number of likely N-dealkylation sites (tertiary alicyclic amines) is 2. The lowest BCUT2D eigenvalue weighted by Crippen LogP contribution is -2.51. The Bertz CT molecular complexity index is 4530. The molecular formula is C83H91ClF9N13O5. The predicted molar refractivity (Wildman–Crippen MR) is 401 cm³/mol. The molecule has 18 nitrogen and oxygen atoms in total. The largest absolute Gasteiger partial charge is 0.419 e. The molecule has 0 bridgehead atoms. The number of halogens is 10. The van der Waals surface area contributed by atoms with E-state index in [-0.39, 0.29) is 74.7 Å². The lowest BCUT2D eigenvalue weighted by Gasteiger charge is -2.37. The van der Waals surface area contributed by atoms with E-state index in [1.54, 1.807) is 21.9 Å². The molecule has 3 saturated heterocycles. The molecule has 6 saturated carbocycles. The van der Waals surface area contributed by atoms with Crippen LogP contribution >= 0.6 is 11.6 Å². The highest BCUT2D eigenvalue weighted by Gasteiger charge is 2.66. The number of piperazine rings is 1. The molecule has 9 fully saturated rings. The molecular weight excluding hydrogens is 1470 g/mol. The van der Waals surface area contributed by atoms with Crippen molar-refractivity contribution in [2.24, 2.45) is 17.8 Å². The van der Waals surface area contributed by atoms with Gasteiger partial charge in [-0.1, -0.05) is 54.9 Å². The minimum atomic E-state index is -4.88. The van der Waals surface area contributed by atoms with Crippen LogP contribution in [0.5, 0.6) is 0 Å². The van der Waals surface area contributed by atoms with Gasteiger partial charge in [-0.25, -0.2) is 27.6 Å². The molecule has 588 valence electrons. The number of carbonyl (C=O) groups excluding carboxylic acids is 3. The van der Waals surface area contributed by atoms with E-state index in [0.717, 1.165) is 139 Å². The second-order valence-electron chi connectivity index (χ2n) is 31.3. The second-order valence-corrected chi connectivity index (χ2v) is 31.8. The number of anilines is 3. The number of urea groups is 3. The third-order valence-corrected chi connectivity index (χ3v) is 25.1. The van der Waals surface area contributed by atoms with E-state index in [0.29, 0.717) is 112 Å². The molecule has 111 heavy (non-hydrogen) atoms. The first-order chi connectivity index (χ1) is 53.1. The second kappa shape index (κ2) is 33.4. The number of alkyl halides is 6. The van der Waals surface area contributed by atoms with E-state index in [1.807, 2.05) is 59.5 Å². The monoisotopic (exact) mass is 1560 g/mol. The van der Waals surface area contributed by atoms with Gasteiger partial charge in [0.15, 0.2) is 0 Å². The molecule has 6 aromatic rings. The number of hydrogen-bond acceptors (Lipinski definition) is 12. The Kier molecular flexibility index (Phi) is 24.1. The zero-order chi connectivity index (χ0) is 78.7. The van der Waals surface area contributed by atoms with Gasteiger partial charge >= 0.3 is 30.4 Å². The molecule has 6 aliphatic carbocycles. The van der Waals surface area contributed by atoms with Crippen molar-refractivity contribution in [1.29, 1.82) is 15.8 Å². The molecule has 11 atom stereocenters. The Hall–Kier alpha value is -8.98. The van der Waals surface area contributed by atoms with E-state index < -0.39 is 59.1 Å². The van der Waals surface area contributed by atoms with Gasteiger partial charge in [0, 0.05) is 143 Å². The molecule has 3 heterocycles. The summed E-state index contributed by atoms with van der Waals surface area (Å²) >= 11 is 5.91. The number of rotatable bonds is 20. The summed E-state index contributed by atoms with van der Waals surface area (Å²) in [5, 5.41) is 55.8. The number of nitrogens with zero attached hydrogens (tertiary/aromatic N) is 10. The van der Waals surface area contributed by atoms with Crippen molar-refractivity contribution in [3.63, 3.8) is 0 Å². The van der Waals surface area contributed by atoms with Gasteiger partial charge in [0.05, 0.1) is 63.3 Å². The number of nitrogens with one attached hydrogen (secondary N) is 3. The number of fused-ring (bicyclic) bond motifs is 3. The summed E-state index contributed by atoms with van der Waals surface area (Å²) in [5.41, 5.74) is 2.48. The van der Waals surface area contributed by atoms with Crippen LogP contribution in [0.3, 0.4) is 0 Å². The molecule has 6 amide bonds. The first kappa shape index (κ1) is 80.1. The first-order valence-corrected chi connectivity index (χ1v) is 38.7. The topological polar surface area (TPSA) is 222 Å². The summed E-state index contributed by atoms with van der Waals surface area (Å²) < 4.78 is 121. The van der Waals surface area contributed by atoms with Crippen LogP contribution in [0.1, 0.15) is 128 Å². The van der Waals surface area contributed by atoms with Gasteiger partial charge in [-0.2, -0.15) is 42.1 Å². The summed E-state index contributed by atoms with van der Waals surface area (Å²) in [6, 6.07) is 37.5. The van der Waals surface area contributed by atoms with Crippen LogP contribution in [0.4, 0.5) is 71.0 Å². The van der Waals surface area contributed by atoms with Crippen molar-refractivity contribution < 1.29 is 64.1 Å². The number of amides is 6. The zero-order valence-electron chi connectivity index (χ0n) is 61.7. The number of hydrogen-bond donors (Lipinski definition) is 5. The van der Waals surface area contributed by atoms with Crippen molar-refractivity contribution >= 4 is 46.8 Å². The smallest absolute Gasteiger partial charge is 0.392 e. The van der Waals surface area contributed by atoms with Crippen LogP contribution in [-0.4, -0.2) is 191 Å². The van der Waals surface area contributed by atoms with Crippen molar-refractivity contribution in [3.05, 3.63) is 194 Å². The van der Waals surface area contributed by atoms with E-state index >= 15 is 0 Å². The minimum absolute atomic E-state index is 0.0269. The maximum atomic E-state index is 13.9. The number of β-amino-alcohol motifs (C(OH)–C–C–N with tert-alkyl or cyclic N) is 2. The molecule has 28 heteroatoms. The highest BCUT2D eigenvalue weighted by molar-refractivity contribution is 6.31. The molecule has 9 aliphatic rings. The first-order valence-electron chi connectivity index (χ1n) is 38.3. The maximum Gasteiger partial charge on any atom is 0.419 e. The van der Waals surface area contributed by atoms with Gasteiger partial charge in [0.2, 0.25) is 0 Å². The molecule has 1 unspecified atom stereocenters. The summed E-state index contributed by atoms with van der Waals surface area (Å²) in [5.74, 6) is -2.56. The zero-order valence-corrected chi connectivity index (χ0v) is 62.5. The minimum Gasteiger partial charge on any atom is -0.392 e. The average Bonchev–Trinajstić information content (AvgIpc) is 1.55. The summed E-state index contributed by atoms with van der Waals surface area (Å²) in [4.78, 5) is 54.9. The average molecular weight is 1560 g/mol. The molecule has 0 spiro atoms. The molecule has 5 N–H and O–H groups in total. The van der Waals surface area contributed by atoms with Crippen molar-refractivity contribution in [2.75, 3.05) is 114 Å². The Balaban J connectivity index is 0.000000146. The lowest BCUT2D eigenvalue weighted by molar-refractivity contribution is -0.140. The third kappa shape index (κ3) is 17.9. The maximum absolute atomic E-state index is 13.9. The van der Waals surface area contributed by atoms with Gasteiger partial charge < -0.3 is 45.8 Å². The standard InChI is InChI=1S/C30H35F4N5O.C27H28F4N4O2.C26H28ClFN4O2/c1-2-10-37-11-13-38(14-12-37)15-16-39(28(40)36-23-6-7-26(31)24(18-23)30(32,33)34)27-8-9-29(19-25(27)29)22-5-3-4-21(17-22)20-35;28-23-5-4-19(13-21(23)27(29,30)31)33-25(37)35(11-10-34-9-7-20(36)16-34)24-6-8-26(14-22(24)26)18-3-1-2-17(12-18)15-32;27-22-13-19(4-5-23(22)28)30-25(34)32(11-10-31-9-7-20(33)16-31)24-6-8-26(14-21(24)26)18-3-1-2-17(12-18)15-29/h3-7,17-18,25,27H,2,8-16,19H2,1H3,(H,36,40);1-5,12-13,20,22,24,36H,6-11,14,16H2,(H,33,37);1-5,12-13,20-21,24,33H,6-11,14,16H2,(H,30,34)/t25-,27-,29-;20-,22+,24?,26+;20-,21-,24-,26-/m111/s1. The van der Waals surface area contributed by atoms with Crippen molar-refractivity contribution in [1.82, 2.24) is 34.3 Å². The van der Waals surface area contributed by atoms with Crippen LogP contribution in [0.15, 0.2) is 127 Å². The molecule has 15 rings (SSSR count). The van der Waals surface area contributed by atoms with Crippen LogP contribution in [0.25, 0.3) is 0 Å². The van der Waals surface area contributed by atoms with E-state index in [2.05, 4.69) is 66.7 Å². The fourth-order valence-corrected chi connectivity index (χ4v) is 19.0. The summed E-state index contributed by atoms with van der Waals surface area (Å²) in [6.45, 7) is 12.9. The fourth-order valence-electron chi connectivity index (χ4n) is 18.8. The fraction of sp³-hybridized carbons (Fsp3) is 0.494. The molecule has 3 aliphatic heterocycles. The van der Waals surface area contributed by atoms with Crippen LogP contribution in [0.2, 0.25) is 5.02 Å². The third-order valence-electron chi connectivity index (χ3n) is 24.8. The van der Waals surface area contributed by atoms with Gasteiger partial charge in [-0.3, -0.25) is 14.7 Å². The van der Waals surface area contributed by atoms with Gasteiger partial charge in [-0.15, -0.1) is 0 Å². The number of aliphatic hydroxyl groups is 2. The van der Waals surface area contributed by atoms with E-state index in [1.165, 1.54) is 23.8 Å². The number of aliphatic hydroxyl groups excluding tert-OH is 2. The molecule has 0 aromatic heterocycles. The van der Waals surface area contributed by atoms with Crippen LogP contribution in [-0.2, 0) is 28.6 Å². The van der Waals surface area contributed by atoms with Crippen molar-refractivity contribution in [3.8, 4) is 18.2 Å². The quantitative estimate of drug-likeness (QED) is 0.0451. The lowest BCUT2D eigenvalue weighted by atomic mass is 9.92. The van der Waals surface area contributed by atoms with Gasteiger partial charge in [0.1, 0.15) is 17.5 Å². The molecule has 0 radical (unpaired) electrons. The number of nitriles is 3. The van der Waals surface area contributed by atoms with Crippen LogP contribution in [0, 0.1) is 69.2 Å². The summed E-state index contributed by atoms with van der Waals surface area (Å²) in [6.07, 6.45) is -0.0556.